The summed E-state index contributed by atoms with van der Waals surface area (Å²) < 4.78 is 34.3. The Hall–Kier alpha value is -0.900. The van der Waals surface area contributed by atoms with Gasteiger partial charge in [-0.2, -0.15) is 8.42 Å². The fourth-order valence-electron chi connectivity index (χ4n) is 1.63. The lowest BCUT2D eigenvalue weighted by Gasteiger charge is -2.18. The highest BCUT2D eigenvalue weighted by Gasteiger charge is 2.13. The molecule has 20 heavy (non-hydrogen) atoms. The molecule has 0 aromatic carbocycles. The fourth-order valence-corrected chi connectivity index (χ4v) is 2.11. The van der Waals surface area contributed by atoms with E-state index in [2.05, 4.69) is 5.32 Å². The van der Waals surface area contributed by atoms with Crippen LogP contribution in [0, 0.1) is 0 Å². The van der Waals surface area contributed by atoms with Gasteiger partial charge in [0.1, 0.15) is 0 Å². The predicted octanol–water partition coefficient (Wildman–Crippen LogP) is -0.163. The highest BCUT2D eigenvalue weighted by atomic mass is 32.2. The van der Waals surface area contributed by atoms with Crippen molar-refractivity contribution in [2.75, 3.05) is 25.4 Å². The number of amides is 1. The van der Waals surface area contributed by atoms with E-state index in [0.717, 1.165) is 25.7 Å². The molecule has 0 aliphatic carbocycles. The van der Waals surface area contributed by atoms with E-state index in [1.165, 1.54) is 0 Å². The van der Waals surface area contributed by atoms with E-state index in [0.29, 0.717) is 13.1 Å². The standard InChI is InChI=1S/C11H25N3O5S/c12-6-1-4-10(5-2-7-13)14-11(15)19-8-3-9-20(16,17)18/h10H,1-9,12-13H2,(H,14,15)(H,16,17,18). The number of hydrogen-bond donors (Lipinski definition) is 4. The summed E-state index contributed by atoms with van der Waals surface area (Å²) in [5.41, 5.74) is 10.9. The summed E-state index contributed by atoms with van der Waals surface area (Å²) >= 11 is 0. The summed E-state index contributed by atoms with van der Waals surface area (Å²) in [5, 5.41) is 2.70. The van der Waals surface area contributed by atoms with Crippen LogP contribution in [-0.2, 0) is 14.9 Å². The average Bonchev–Trinajstić information content (AvgIpc) is 2.36. The van der Waals surface area contributed by atoms with E-state index >= 15 is 0 Å². The van der Waals surface area contributed by atoms with Gasteiger partial charge in [0.25, 0.3) is 10.1 Å². The molecule has 6 N–H and O–H groups in total. The first-order valence-electron chi connectivity index (χ1n) is 6.67. The molecule has 0 aliphatic heterocycles. The maximum Gasteiger partial charge on any atom is 0.407 e. The Morgan fingerprint density at radius 3 is 2.15 bits per heavy atom. The quantitative estimate of drug-likeness (QED) is 0.306. The molecule has 0 aromatic rings. The molecule has 0 unspecified atom stereocenters. The minimum Gasteiger partial charge on any atom is -0.450 e. The maximum atomic E-state index is 11.5. The third-order valence-corrected chi connectivity index (χ3v) is 3.42. The Kier molecular flexibility index (Phi) is 10.3. The number of alkyl carbamates (subject to hydrolysis) is 1. The zero-order valence-electron chi connectivity index (χ0n) is 11.6. The number of ether oxygens (including phenoxy) is 1. The largest absolute Gasteiger partial charge is 0.450 e. The van der Waals surface area contributed by atoms with Crippen LogP contribution in [0.25, 0.3) is 0 Å². The number of nitrogens with one attached hydrogen (secondary N) is 1. The second-order valence-corrected chi connectivity index (χ2v) is 6.05. The van der Waals surface area contributed by atoms with Gasteiger partial charge in [-0.1, -0.05) is 0 Å². The second-order valence-electron chi connectivity index (χ2n) is 4.48. The van der Waals surface area contributed by atoms with E-state index in [-0.39, 0.29) is 19.1 Å². The van der Waals surface area contributed by atoms with Gasteiger partial charge in [-0.3, -0.25) is 4.55 Å². The lowest BCUT2D eigenvalue weighted by molar-refractivity contribution is 0.141. The molecule has 0 spiro atoms. The van der Waals surface area contributed by atoms with Crippen molar-refractivity contribution in [3.05, 3.63) is 0 Å². The van der Waals surface area contributed by atoms with Crippen LogP contribution in [0.3, 0.4) is 0 Å². The van der Waals surface area contributed by atoms with Crippen LogP contribution in [-0.4, -0.2) is 50.6 Å². The van der Waals surface area contributed by atoms with E-state index < -0.39 is 22.0 Å². The first kappa shape index (κ1) is 19.1. The molecule has 0 atom stereocenters. The Morgan fingerprint density at radius 1 is 1.15 bits per heavy atom. The highest BCUT2D eigenvalue weighted by Crippen LogP contribution is 2.04. The van der Waals surface area contributed by atoms with Crippen molar-refractivity contribution in [2.45, 2.75) is 38.1 Å². The molecule has 0 saturated heterocycles. The predicted molar refractivity (Wildman–Crippen MR) is 75.9 cm³/mol. The van der Waals surface area contributed by atoms with Crippen LogP contribution in [0.4, 0.5) is 4.79 Å². The average molecular weight is 311 g/mol. The molecule has 0 aromatic heterocycles. The molecular formula is C11H25N3O5S. The van der Waals surface area contributed by atoms with Crippen LogP contribution in [0.1, 0.15) is 32.1 Å². The van der Waals surface area contributed by atoms with Crippen LogP contribution in [0.5, 0.6) is 0 Å². The Balaban J connectivity index is 3.92. The molecule has 1 amide bonds. The zero-order chi connectivity index (χ0) is 15.4. The summed E-state index contributed by atoms with van der Waals surface area (Å²) in [6.45, 7) is 1.03. The van der Waals surface area contributed by atoms with Gasteiger partial charge in [0.15, 0.2) is 0 Å². The summed E-state index contributed by atoms with van der Waals surface area (Å²) in [6, 6.07) is -0.0452. The smallest absolute Gasteiger partial charge is 0.407 e. The van der Waals surface area contributed by atoms with Crippen molar-refractivity contribution in [1.29, 1.82) is 0 Å². The number of carbonyl (C=O) groups excluding carboxylic acids is 1. The van der Waals surface area contributed by atoms with Crippen LogP contribution in [0.15, 0.2) is 0 Å². The van der Waals surface area contributed by atoms with Crippen molar-refractivity contribution in [3.63, 3.8) is 0 Å². The molecule has 0 heterocycles. The lowest BCUT2D eigenvalue weighted by atomic mass is 10.1. The van der Waals surface area contributed by atoms with Gasteiger partial charge in [0.05, 0.1) is 12.4 Å². The first-order valence-corrected chi connectivity index (χ1v) is 8.28. The van der Waals surface area contributed by atoms with Gasteiger partial charge in [0, 0.05) is 6.04 Å². The van der Waals surface area contributed by atoms with E-state index in [1.54, 1.807) is 0 Å². The van der Waals surface area contributed by atoms with E-state index in [1.807, 2.05) is 0 Å². The van der Waals surface area contributed by atoms with E-state index in [9.17, 15) is 13.2 Å². The summed E-state index contributed by atoms with van der Waals surface area (Å²) in [7, 11) is -4.01. The Labute approximate surface area is 120 Å². The fraction of sp³-hybridized carbons (Fsp3) is 0.909. The summed E-state index contributed by atoms with van der Waals surface area (Å²) in [5.74, 6) is -0.427. The van der Waals surface area contributed by atoms with Gasteiger partial charge in [-0.15, -0.1) is 0 Å². The monoisotopic (exact) mass is 311 g/mol. The van der Waals surface area contributed by atoms with Crippen LogP contribution < -0.4 is 16.8 Å². The topological polar surface area (TPSA) is 145 Å². The summed E-state index contributed by atoms with van der Waals surface area (Å²) in [6.07, 6.45) is 2.53. The van der Waals surface area contributed by atoms with Gasteiger partial charge < -0.3 is 21.5 Å². The molecule has 120 valence electrons. The molecule has 8 nitrogen and oxygen atoms in total. The maximum absolute atomic E-state index is 11.5. The number of hydrogen-bond acceptors (Lipinski definition) is 6. The minimum atomic E-state index is -4.01. The molecule has 0 aliphatic rings. The highest BCUT2D eigenvalue weighted by molar-refractivity contribution is 7.85. The van der Waals surface area contributed by atoms with Crippen LogP contribution >= 0.6 is 0 Å². The number of nitrogens with two attached hydrogens (primary N) is 2. The molecule has 9 heteroatoms. The second kappa shape index (κ2) is 10.8. The Morgan fingerprint density at radius 2 is 1.70 bits per heavy atom. The molecule has 0 bridgehead atoms. The van der Waals surface area contributed by atoms with Crippen molar-refractivity contribution in [2.24, 2.45) is 11.5 Å². The molecule has 0 radical (unpaired) electrons. The van der Waals surface area contributed by atoms with Crippen molar-refractivity contribution < 1.29 is 22.5 Å². The van der Waals surface area contributed by atoms with Gasteiger partial charge in [0.2, 0.25) is 0 Å². The minimum absolute atomic E-state index is 0.0452. The summed E-state index contributed by atoms with van der Waals surface area (Å²) in [4.78, 5) is 11.5. The van der Waals surface area contributed by atoms with Gasteiger partial charge in [-0.05, 0) is 45.2 Å². The lowest BCUT2D eigenvalue weighted by Crippen LogP contribution is -2.36. The van der Waals surface area contributed by atoms with Gasteiger partial charge in [-0.25, -0.2) is 4.79 Å². The SMILES string of the molecule is NCCCC(CCCN)NC(=O)OCCCS(=O)(=O)O. The van der Waals surface area contributed by atoms with Crippen molar-refractivity contribution >= 4 is 16.2 Å². The van der Waals surface area contributed by atoms with Crippen molar-refractivity contribution in [1.82, 2.24) is 5.32 Å². The molecule has 0 rings (SSSR count). The normalized spacial score (nSPS) is 11.6. The molecule has 0 fully saturated rings. The third kappa shape index (κ3) is 12.2. The Bertz CT molecular complexity index is 353. The third-order valence-electron chi connectivity index (χ3n) is 2.62. The molecular weight excluding hydrogens is 286 g/mol. The molecule has 0 saturated carbocycles. The first-order chi connectivity index (χ1) is 9.39. The number of rotatable bonds is 11. The van der Waals surface area contributed by atoms with E-state index in [4.69, 9.17) is 20.8 Å². The van der Waals surface area contributed by atoms with Crippen molar-refractivity contribution in [3.8, 4) is 0 Å². The van der Waals surface area contributed by atoms with Gasteiger partial charge >= 0.3 is 6.09 Å². The van der Waals surface area contributed by atoms with Crippen LogP contribution in [0.2, 0.25) is 0 Å². The number of carbonyl (C=O) groups is 1. The zero-order valence-corrected chi connectivity index (χ0v) is 12.4.